The van der Waals surface area contributed by atoms with Crippen molar-refractivity contribution >= 4 is 0 Å². The first-order valence-corrected chi connectivity index (χ1v) is 7.43. The lowest BCUT2D eigenvalue weighted by Crippen LogP contribution is -2.37. The van der Waals surface area contributed by atoms with Gasteiger partial charge in [-0.25, -0.2) is 0 Å². The minimum absolute atomic E-state index is 0.616. The molecule has 1 aliphatic rings. The maximum atomic E-state index is 4.48. The van der Waals surface area contributed by atoms with Gasteiger partial charge in [-0.05, 0) is 49.8 Å². The van der Waals surface area contributed by atoms with Crippen molar-refractivity contribution in [2.75, 3.05) is 6.54 Å². The van der Waals surface area contributed by atoms with Crippen LogP contribution >= 0.6 is 0 Å². The fourth-order valence-electron chi connectivity index (χ4n) is 3.10. The summed E-state index contributed by atoms with van der Waals surface area (Å²) in [4.78, 5) is 4.48. The van der Waals surface area contributed by atoms with Crippen LogP contribution in [0.5, 0.6) is 0 Å². The molecule has 0 spiro atoms. The van der Waals surface area contributed by atoms with Gasteiger partial charge in [-0.2, -0.15) is 0 Å². The molecule has 1 aromatic heterocycles. The predicted octanol–water partition coefficient (Wildman–Crippen LogP) is 3.43. The third-order valence-electron chi connectivity index (χ3n) is 4.12. The monoisotopic (exact) mass is 246 g/mol. The molecular weight excluding hydrogens is 220 g/mol. The highest BCUT2D eigenvalue weighted by Gasteiger charge is 2.28. The first-order valence-electron chi connectivity index (χ1n) is 7.43. The molecule has 100 valence electrons. The molecule has 3 atom stereocenters. The van der Waals surface area contributed by atoms with Crippen molar-refractivity contribution in [3.63, 3.8) is 0 Å². The topological polar surface area (TPSA) is 24.9 Å². The van der Waals surface area contributed by atoms with Gasteiger partial charge in [-0.15, -0.1) is 0 Å². The van der Waals surface area contributed by atoms with E-state index in [0.29, 0.717) is 6.04 Å². The van der Waals surface area contributed by atoms with Gasteiger partial charge in [0.05, 0.1) is 0 Å². The lowest BCUT2D eigenvalue weighted by atomic mass is 9.93. The molecule has 0 saturated heterocycles. The molecule has 0 aliphatic heterocycles. The van der Waals surface area contributed by atoms with Gasteiger partial charge in [-0.3, -0.25) is 4.98 Å². The second-order valence-corrected chi connectivity index (χ2v) is 5.76. The van der Waals surface area contributed by atoms with Crippen LogP contribution in [0.15, 0.2) is 24.4 Å². The average Bonchev–Trinajstić information content (AvgIpc) is 2.82. The molecule has 1 aromatic rings. The number of hydrogen-bond acceptors (Lipinski definition) is 2. The maximum absolute atomic E-state index is 4.48. The minimum atomic E-state index is 0.616. The Morgan fingerprint density at radius 2 is 2.28 bits per heavy atom. The van der Waals surface area contributed by atoms with E-state index in [1.165, 1.54) is 31.4 Å². The van der Waals surface area contributed by atoms with Crippen LogP contribution < -0.4 is 5.32 Å². The minimum Gasteiger partial charge on any atom is -0.313 e. The number of hydrogen-bond donors (Lipinski definition) is 1. The Kier molecular flexibility index (Phi) is 5.18. The van der Waals surface area contributed by atoms with E-state index in [9.17, 15) is 0 Å². The fourth-order valence-corrected chi connectivity index (χ4v) is 3.10. The molecule has 1 aliphatic carbocycles. The molecule has 0 bridgehead atoms. The standard InChI is InChI=1S/C16H26N2/c1-3-9-18-16(14-8-7-13(2)11-14)12-15-6-4-5-10-17-15/h4-6,10,13-14,16,18H,3,7-9,11-12H2,1-2H3. The van der Waals surface area contributed by atoms with E-state index >= 15 is 0 Å². The van der Waals surface area contributed by atoms with E-state index in [4.69, 9.17) is 0 Å². The van der Waals surface area contributed by atoms with Gasteiger partial charge in [0.15, 0.2) is 0 Å². The molecule has 1 heterocycles. The molecule has 0 amide bonds. The van der Waals surface area contributed by atoms with Gasteiger partial charge in [0.1, 0.15) is 0 Å². The van der Waals surface area contributed by atoms with Gasteiger partial charge in [0.25, 0.3) is 0 Å². The Hall–Kier alpha value is -0.890. The second-order valence-electron chi connectivity index (χ2n) is 5.76. The summed E-state index contributed by atoms with van der Waals surface area (Å²) in [6, 6.07) is 6.86. The number of aromatic nitrogens is 1. The van der Waals surface area contributed by atoms with Crippen LogP contribution in [-0.2, 0) is 6.42 Å². The summed E-state index contributed by atoms with van der Waals surface area (Å²) in [5.74, 6) is 1.75. The Morgan fingerprint density at radius 1 is 1.39 bits per heavy atom. The van der Waals surface area contributed by atoms with Crippen molar-refractivity contribution in [3.8, 4) is 0 Å². The first kappa shape index (κ1) is 13.5. The largest absolute Gasteiger partial charge is 0.313 e. The molecular formula is C16H26N2. The fraction of sp³-hybridized carbons (Fsp3) is 0.688. The Labute approximate surface area is 111 Å². The van der Waals surface area contributed by atoms with Gasteiger partial charge < -0.3 is 5.32 Å². The van der Waals surface area contributed by atoms with E-state index in [1.54, 1.807) is 0 Å². The van der Waals surface area contributed by atoms with Crippen LogP contribution in [0.2, 0.25) is 0 Å². The Bertz CT molecular complexity index is 336. The third kappa shape index (κ3) is 3.81. The lowest BCUT2D eigenvalue weighted by molar-refractivity contribution is 0.346. The zero-order valence-corrected chi connectivity index (χ0v) is 11.7. The third-order valence-corrected chi connectivity index (χ3v) is 4.12. The lowest BCUT2D eigenvalue weighted by Gasteiger charge is -2.24. The van der Waals surface area contributed by atoms with Crippen LogP contribution in [0.25, 0.3) is 0 Å². The number of nitrogens with zero attached hydrogens (tertiary/aromatic N) is 1. The van der Waals surface area contributed by atoms with E-state index < -0.39 is 0 Å². The summed E-state index contributed by atoms with van der Waals surface area (Å²) >= 11 is 0. The van der Waals surface area contributed by atoms with E-state index in [-0.39, 0.29) is 0 Å². The van der Waals surface area contributed by atoms with Crippen LogP contribution in [0, 0.1) is 11.8 Å². The van der Waals surface area contributed by atoms with Gasteiger partial charge in [-0.1, -0.05) is 26.3 Å². The molecule has 1 saturated carbocycles. The molecule has 3 unspecified atom stereocenters. The number of nitrogens with one attached hydrogen (secondary N) is 1. The van der Waals surface area contributed by atoms with Gasteiger partial charge in [0, 0.05) is 24.4 Å². The van der Waals surface area contributed by atoms with Crippen LogP contribution in [0.1, 0.15) is 45.2 Å². The molecule has 2 rings (SSSR count). The van der Waals surface area contributed by atoms with E-state index in [0.717, 1.165) is 24.8 Å². The van der Waals surface area contributed by atoms with Crippen molar-refractivity contribution in [2.45, 2.75) is 52.0 Å². The van der Waals surface area contributed by atoms with Crippen molar-refractivity contribution in [1.82, 2.24) is 10.3 Å². The summed E-state index contributed by atoms with van der Waals surface area (Å²) in [5, 5.41) is 3.74. The SMILES string of the molecule is CCCNC(Cc1ccccn1)C1CCC(C)C1. The molecule has 18 heavy (non-hydrogen) atoms. The highest BCUT2D eigenvalue weighted by molar-refractivity contribution is 5.06. The number of pyridine rings is 1. The summed E-state index contributed by atoms with van der Waals surface area (Å²) in [5.41, 5.74) is 1.23. The summed E-state index contributed by atoms with van der Waals surface area (Å²) in [6.45, 7) is 5.75. The highest BCUT2D eigenvalue weighted by atomic mass is 14.9. The second kappa shape index (κ2) is 6.89. The predicted molar refractivity (Wildman–Crippen MR) is 76.5 cm³/mol. The van der Waals surface area contributed by atoms with Gasteiger partial charge >= 0.3 is 0 Å². The molecule has 2 heteroatoms. The molecule has 0 aromatic carbocycles. The molecule has 0 radical (unpaired) electrons. The van der Waals surface area contributed by atoms with Crippen LogP contribution in [0.4, 0.5) is 0 Å². The molecule has 1 fully saturated rings. The Morgan fingerprint density at radius 3 is 2.89 bits per heavy atom. The van der Waals surface area contributed by atoms with E-state index in [1.807, 2.05) is 12.3 Å². The smallest absolute Gasteiger partial charge is 0.0419 e. The molecule has 1 N–H and O–H groups in total. The van der Waals surface area contributed by atoms with Gasteiger partial charge in [0.2, 0.25) is 0 Å². The quantitative estimate of drug-likeness (QED) is 0.832. The zero-order valence-electron chi connectivity index (χ0n) is 11.7. The summed E-state index contributed by atoms with van der Waals surface area (Å²) in [6.07, 6.45) is 8.36. The maximum Gasteiger partial charge on any atom is 0.0419 e. The van der Waals surface area contributed by atoms with Crippen molar-refractivity contribution in [3.05, 3.63) is 30.1 Å². The number of rotatable bonds is 6. The van der Waals surface area contributed by atoms with Crippen molar-refractivity contribution in [2.24, 2.45) is 11.8 Å². The van der Waals surface area contributed by atoms with Crippen LogP contribution in [-0.4, -0.2) is 17.6 Å². The summed E-state index contributed by atoms with van der Waals surface area (Å²) in [7, 11) is 0. The average molecular weight is 246 g/mol. The normalized spacial score (nSPS) is 25.2. The summed E-state index contributed by atoms with van der Waals surface area (Å²) < 4.78 is 0. The van der Waals surface area contributed by atoms with Crippen molar-refractivity contribution < 1.29 is 0 Å². The van der Waals surface area contributed by atoms with E-state index in [2.05, 4.69) is 36.3 Å². The highest BCUT2D eigenvalue weighted by Crippen LogP contribution is 2.33. The Balaban J connectivity index is 1.96. The molecule has 2 nitrogen and oxygen atoms in total. The first-order chi connectivity index (χ1) is 8.79. The van der Waals surface area contributed by atoms with Crippen molar-refractivity contribution in [1.29, 1.82) is 0 Å². The van der Waals surface area contributed by atoms with Crippen LogP contribution in [0.3, 0.4) is 0 Å². The zero-order chi connectivity index (χ0) is 12.8.